The Hall–Kier alpha value is -2.99. The van der Waals surface area contributed by atoms with Crippen LogP contribution in [0.5, 0.6) is 0 Å². The molecule has 0 saturated heterocycles. The lowest BCUT2D eigenvalue weighted by Crippen LogP contribution is -2.49. The summed E-state index contributed by atoms with van der Waals surface area (Å²) in [6.45, 7) is 1.48. The molecule has 0 radical (unpaired) electrons. The molecule has 1 saturated carbocycles. The maximum absolute atomic E-state index is 12.7. The van der Waals surface area contributed by atoms with E-state index in [0.29, 0.717) is 41.5 Å². The van der Waals surface area contributed by atoms with Gasteiger partial charge in [0.2, 0.25) is 5.91 Å². The highest BCUT2D eigenvalue weighted by Crippen LogP contribution is 2.29. The maximum Gasteiger partial charge on any atom is 0.300 e. The lowest BCUT2D eigenvalue weighted by Gasteiger charge is -2.36. The summed E-state index contributed by atoms with van der Waals surface area (Å²) in [4.78, 5) is 40.1. The van der Waals surface area contributed by atoms with Crippen LogP contribution in [0, 0.1) is 5.92 Å². The molecule has 0 aliphatic heterocycles. The van der Waals surface area contributed by atoms with Crippen LogP contribution < -0.4 is 11.1 Å². The first-order valence-electron chi connectivity index (χ1n) is 9.60. The zero-order chi connectivity index (χ0) is 23.0. The molecule has 1 aliphatic rings. The van der Waals surface area contributed by atoms with E-state index in [4.69, 9.17) is 24.9 Å². The van der Waals surface area contributed by atoms with Gasteiger partial charge in [-0.2, -0.15) is 0 Å². The van der Waals surface area contributed by atoms with Crippen LogP contribution in [0.15, 0.2) is 23.0 Å². The van der Waals surface area contributed by atoms with Gasteiger partial charge in [-0.05, 0) is 19.3 Å². The van der Waals surface area contributed by atoms with Gasteiger partial charge < -0.3 is 30.3 Å². The number of ether oxygens (including phenoxy) is 1. The Morgan fingerprint density at radius 2 is 2.13 bits per heavy atom. The molecule has 11 nitrogen and oxygen atoms in total. The average Bonchev–Trinajstić information content (AvgIpc) is 3.39. The molecule has 1 aliphatic carbocycles. The lowest BCUT2D eigenvalue weighted by atomic mass is 9.83. The molecule has 170 valence electrons. The van der Waals surface area contributed by atoms with Crippen molar-refractivity contribution < 1.29 is 28.8 Å². The number of nitrogens with two attached hydrogens (primary N) is 1. The summed E-state index contributed by atoms with van der Waals surface area (Å²) in [5.41, 5.74) is 6.29. The third-order valence-corrected chi connectivity index (χ3v) is 5.60. The fraction of sp³-hybridized carbons (Fsp3) is 0.526. The molecule has 4 N–H and O–H groups in total. The number of carboxylic acids is 1. The topological polar surface area (TPSA) is 161 Å². The van der Waals surface area contributed by atoms with Crippen molar-refractivity contribution in [2.75, 3.05) is 19.9 Å². The number of methoxy groups -OCH3 is 1. The van der Waals surface area contributed by atoms with Gasteiger partial charge in [-0.1, -0.05) is 16.5 Å². The lowest BCUT2D eigenvalue weighted by molar-refractivity contribution is -0.138. The van der Waals surface area contributed by atoms with Gasteiger partial charge in [0.25, 0.3) is 11.9 Å². The van der Waals surface area contributed by atoms with E-state index in [9.17, 15) is 9.59 Å². The predicted octanol–water partition coefficient (Wildman–Crippen LogP) is 1.38. The summed E-state index contributed by atoms with van der Waals surface area (Å²) >= 11 is 1.14. The van der Waals surface area contributed by atoms with E-state index in [1.165, 1.54) is 12.5 Å². The first-order valence-corrected chi connectivity index (χ1v) is 10.4. The zero-order valence-corrected chi connectivity index (χ0v) is 18.4. The number of anilines is 1. The zero-order valence-electron chi connectivity index (χ0n) is 17.6. The highest BCUT2D eigenvalue weighted by atomic mass is 32.1. The minimum atomic E-state index is -0.833. The number of nitrogens with zero attached hydrogens (tertiary/aromatic N) is 3. The van der Waals surface area contributed by atoms with Gasteiger partial charge in [0.15, 0.2) is 5.13 Å². The molecule has 2 aromatic heterocycles. The van der Waals surface area contributed by atoms with Gasteiger partial charge >= 0.3 is 0 Å². The van der Waals surface area contributed by atoms with E-state index in [1.54, 1.807) is 25.1 Å². The summed E-state index contributed by atoms with van der Waals surface area (Å²) in [7, 11) is 3.35. The molecule has 12 heteroatoms. The first kappa shape index (κ1) is 24.3. The minimum Gasteiger partial charge on any atom is -0.481 e. The maximum atomic E-state index is 12.7. The summed E-state index contributed by atoms with van der Waals surface area (Å²) in [5, 5.41) is 14.6. The van der Waals surface area contributed by atoms with E-state index in [-0.39, 0.29) is 29.9 Å². The predicted molar refractivity (Wildman–Crippen MR) is 112 cm³/mol. The van der Waals surface area contributed by atoms with E-state index < -0.39 is 5.97 Å². The molecular formula is C19H27N5O6S. The highest BCUT2D eigenvalue weighted by Gasteiger charge is 2.36. The summed E-state index contributed by atoms with van der Waals surface area (Å²) < 4.78 is 10.4. The van der Waals surface area contributed by atoms with Crippen LogP contribution in [-0.4, -0.2) is 64.2 Å². The van der Waals surface area contributed by atoms with Crippen molar-refractivity contribution >= 4 is 34.3 Å². The Bertz CT molecular complexity index is 867. The van der Waals surface area contributed by atoms with Crippen molar-refractivity contribution in [2.24, 2.45) is 5.92 Å². The fourth-order valence-corrected chi connectivity index (χ4v) is 3.95. The van der Waals surface area contributed by atoms with Crippen molar-refractivity contribution in [3.8, 4) is 0 Å². The number of carbonyl (C=O) groups excluding carboxylic acids is 2. The van der Waals surface area contributed by atoms with Crippen molar-refractivity contribution in [1.29, 1.82) is 0 Å². The molecule has 31 heavy (non-hydrogen) atoms. The van der Waals surface area contributed by atoms with Crippen molar-refractivity contribution in [2.45, 2.75) is 44.9 Å². The largest absolute Gasteiger partial charge is 0.481 e. The number of thiazole rings is 1. The number of amides is 2. The van der Waals surface area contributed by atoms with Crippen LogP contribution in [0.2, 0.25) is 0 Å². The number of nitrogens with one attached hydrogen (secondary N) is 1. The summed E-state index contributed by atoms with van der Waals surface area (Å²) in [6.07, 6.45) is 4.60. The van der Waals surface area contributed by atoms with Gasteiger partial charge in [0, 0.05) is 33.1 Å². The van der Waals surface area contributed by atoms with Crippen LogP contribution in [0.1, 0.15) is 41.6 Å². The molecule has 0 unspecified atom stereocenters. The average molecular weight is 454 g/mol. The molecule has 2 heterocycles. The highest BCUT2D eigenvalue weighted by molar-refractivity contribution is 7.17. The second kappa shape index (κ2) is 11.4. The summed E-state index contributed by atoms with van der Waals surface area (Å²) in [6, 6.07) is 1.58. The number of aromatic nitrogens is 2. The quantitative estimate of drug-likeness (QED) is 0.586. The Morgan fingerprint density at radius 3 is 2.68 bits per heavy atom. The molecule has 3 rings (SSSR count). The molecular weight excluding hydrogens is 426 g/mol. The standard InChI is InChI=1S/C17H23N5O4S.C2H4O2/c1-22(9-11-5-6-26-21-11)16(24)10-3-4-12(13(7-10)25-2)20-15(23)14-8-19-17(18)27-14;1-2(3)4/h5-6,8,10,12-13H,3-4,7,9H2,1-2H3,(H2,18,19)(H,20,23);1H3,(H,3,4)/t10-,12+,13+;/m0./s1. The molecule has 2 aromatic rings. The Balaban J connectivity index is 0.000000785. The second-order valence-corrected chi connectivity index (χ2v) is 8.19. The van der Waals surface area contributed by atoms with Crippen molar-refractivity contribution in [3.63, 3.8) is 0 Å². The Kier molecular flexibility index (Phi) is 8.94. The normalized spacial score (nSPS) is 20.3. The number of hydrogen-bond donors (Lipinski definition) is 3. The second-order valence-electron chi connectivity index (χ2n) is 7.13. The number of hydrogen-bond acceptors (Lipinski definition) is 9. The van der Waals surface area contributed by atoms with Crippen LogP contribution in [0.25, 0.3) is 0 Å². The van der Waals surface area contributed by atoms with E-state index in [2.05, 4.69) is 15.5 Å². The van der Waals surface area contributed by atoms with Crippen LogP contribution in [0.3, 0.4) is 0 Å². The number of aliphatic carboxylic acids is 1. The van der Waals surface area contributed by atoms with Gasteiger partial charge in [-0.3, -0.25) is 14.4 Å². The smallest absolute Gasteiger partial charge is 0.300 e. The third kappa shape index (κ3) is 7.33. The van der Waals surface area contributed by atoms with Crippen LogP contribution >= 0.6 is 11.3 Å². The molecule has 0 bridgehead atoms. The number of rotatable bonds is 6. The van der Waals surface area contributed by atoms with Gasteiger partial charge in [0.05, 0.1) is 24.9 Å². The first-order chi connectivity index (χ1) is 14.7. The summed E-state index contributed by atoms with van der Waals surface area (Å²) in [5.74, 6) is -1.16. The monoisotopic (exact) mass is 453 g/mol. The van der Waals surface area contributed by atoms with Crippen molar-refractivity contribution in [3.05, 3.63) is 29.1 Å². The van der Waals surface area contributed by atoms with Crippen LogP contribution in [-0.2, 0) is 20.9 Å². The van der Waals surface area contributed by atoms with Gasteiger partial charge in [-0.15, -0.1) is 0 Å². The SMILES string of the molecule is CC(=O)O.CO[C@@H]1C[C@@H](C(=O)N(C)Cc2ccon2)CC[C@H]1NC(=O)c1cnc(N)s1. The minimum absolute atomic E-state index is 0.0417. The Morgan fingerprint density at radius 1 is 1.42 bits per heavy atom. The number of carboxylic acid groups (broad SMARTS) is 1. The third-order valence-electron chi connectivity index (χ3n) is 4.77. The molecule has 2 amide bonds. The van der Waals surface area contributed by atoms with E-state index in [1.807, 2.05) is 0 Å². The van der Waals surface area contributed by atoms with Crippen molar-refractivity contribution in [1.82, 2.24) is 20.4 Å². The molecule has 0 spiro atoms. The number of nitrogen functional groups attached to an aromatic ring is 1. The van der Waals surface area contributed by atoms with E-state index >= 15 is 0 Å². The fourth-order valence-electron chi connectivity index (χ4n) is 3.36. The Labute approximate surface area is 183 Å². The molecule has 1 fully saturated rings. The van der Waals surface area contributed by atoms with Crippen LogP contribution in [0.4, 0.5) is 5.13 Å². The van der Waals surface area contributed by atoms with Gasteiger partial charge in [-0.25, -0.2) is 4.98 Å². The van der Waals surface area contributed by atoms with Gasteiger partial charge in [0.1, 0.15) is 16.8 Å². The number of carbonyl (C=O) groups is 3. The molecule has 0 aromatic carbocycles. The molecule has 3 atom stereocenters. The van der Waals surface area contributed by atoms with E-state index in [0.717, 1.165) is 18.3 Å².